The second kappa shape index (κ2) is 16.9. The summed E-state index contributed by atoms with van der Waals surface area (Å²) in [6.45, 7) is 27.5. The Morgan fingerprint density at radius 2 is 1.73 bits per heavy atom. The van der Waals surface area contributed by atoms with E-state index >= 15 is 0 Å². The van der Waals surface area contributed by atoms with Gasteiger partial charge in [-0.3, -0.25) is 14.4 Å². The van der Waals surface area contributed by atoms with Gasteiger partial charge in [0.15, 0.2) is 0 Å². The Labute approximate surface area is 261 Å². The van der Waals surface area contributed by atoms with E-state index in [9.17, 15) is 5.26 Å². The van der Waals surface area contributed by atoms with Crippen LogP contribution >= 0.6 is 0 Å². The van der Waals surface area contributed by atoms with Crippen LogP contribution in [0.5, 0.6) is 0 Å². The lowest BCUT2D eigenvalue weighted by Crippen LogP contribution is -2.27. The van der Waals surface area contributed by atoms with Crippen LogP contribution in [-0.2, 0) is 24.2 Å². The predicted octanol–water partition coefficient (Wildman–Crippen LogP) is 6.36. The van der Waals surface area contributed by atoms with Crippen molar-refractivity contribution >= 4 is 23.5 Å². The summed E-state index contributed by atoms with van der Waals surface area (Å²) in [5.74, 6) is 0.281. The molecule has 4 rings (SSSR count). The maximum Gasteiger partial charge on any atom is 0.217 e. The van der Waals surface area contributed by atoms with E-state index in [4.69, 9.17) is 4.79 Å². The standard InChI is InChI=1S/C33H36N6.C2H4.CH3NO/c1-21-8-10-28(11-9-21)15-23(3)37-26(6)22(2)14-32(39-25(5)19-36-33(39)18-34)27(7)35-20-29-12-13-30-16-24(4)38-31(30)17-29;1-2;2-1-3/h8-14,17,19,23,35,37H,2,6-7,15-16,20H2,1,3-5H3;1-2H2;1H,(H2,2,3)/b32-14-;;/t23-;;/m0../s1. The van der Waals surface area contributed by atoms with Crippen LogP contribution in [0.1, 0.15) is 47.6 Å². The molecule has 8 heteroatoms. The third kappa shape index (κ3) is 9.57. The van der Waals surface area contributed by atoms with Crippen molar-refractivity contribution in [3.8, 4) is 6.07 Å². The fraction of sp³-hybridized carbons (Fsp3) is 0.222. The smallest absolute Gasteiger partial charge is 0.217 e. The van der Waals surface area contributed by atoms with Crippen molar-refractivity contribution in [2.75, 3.05) is 0 Å². The van der Waals surface area contributed by atoms with Crippen LogP contribution in [0.15, 0.2) is 110 Å². The number of benzene rings is 2. The molecule has 0 radical (unpaired) electrons. The Morgan fingerprint density at radius 3 is 2.36 bits per heavy atom. The van der Waals surface area contributed by atoms with E-state index in [1.807, 2.05) is 13.0 Å². The van der Waals surface area contributed by atoms with Gasteiger partial charge in [0.25, 0.3) is 0 Å². The Morgan fingerprint density at radius 1 is 1.09 bits per heavy atom. The average Bonchev–Trinajstić information content (AvgIpc) is 3.57. The maximum atomic E-state index is 9.73. The van der Waals surface area contributed by atoms with Gasteiger partial charge >= 0.3 is 0 Å². The number of carbonyl (C=O) groups excluding carboxylic acids is 1. The lowest BCUT2D eigenvalue weighted by molar-refractivity contribution is -0.106. The summed E-state index contributed by atoms with van der Waals surface area (Å²) in [5, 5.41) is 16.6. The second-order valence-corrected chi connectivity index (χ2v) is 10.4. The minimum Gasteiger partial charge on any atom is -0.382 e. The molecular formula is C36H43N7O. The number of amides is 1. The van der Waals surface area contributed by atoms with Crippen LogP contribution in [0, 0.1) is 25.2 Å². The molecule has 1 aliphatic heterocycles. The molecule has 2 aromatic carbocycles. The SMILES string of the molecule is C=C.C=C(/C=C(/C(=C)NCc1ccc2c(c1)N=C(C)C2)n1c(C)cnc1C#N)C(=C)N[C@@H](C)Cc1ccc(C)cc1.NC=O. The summed E-state index contributed by atoms with van der Waals surface area (Å²) in [6, 6.07) is 17.3. The fourth-order valence-corrected chi connectivity index (χ4v) is 4.67. The fourth-order valence-electron chi connectivity index (χ4n) is 4.67. The number of allylic oxidation sites excluding steroid dienone is 2. The molecule has 0 saturated carbocycles. The minimum atomic E-state index is 0.158. The number of aliphatic imine (C=N–C) groups is 1. The molecule has 0 aliphatic carbocycles. The van der Waals surface area contributed by atoms with Gasteiger partial charge < -0.3 is 16.4 Å². The molecule has 0 bridgehead atoms. The molecule has 2 heterocycles. The van der Waals surface area contributed by atoms with E-state index < -0.39 is 0 Å². The number of hydrogen-bond acceptors (Lipinski definition) is 6. The number of primary amides is 1. The molecule has 1 atom stereocenters. The van der Waals surface area contributed by atoms with Gasteiger partial charge in [0, 0.05) is 42.3 Å². The van der Waals surface area contributed by atoms with Gasteiger partial charge in [-0.25, -0.2) is 4.98 Å². The van der Waals surface area contributed by atoms with E-state index in [1.54, 1.807) is 10.8 Å². The highest BCUT2D eigenvalue weighted by molar-refractivity contribution is 5.92. The number of nitriles is 1. The zero-order valence-electron chi connectivity index (χ0n) is 26.3. The van der Waals surface area contributed by atoms with E-state index in [1.165, 1.54) is 16.7 Å². The number of hydrogen-bond donors (Lipinski definition) is 3. The van der Waals surface area contributed by atoms with Crippen molar-refractivity contribution in [1.29, 1.82) is 5.26 Å². The number of imidazole rings is 1. The van der Waals surface area contributed by atoms with Gasteiger partial charge in [0.05, 0.1) is 17.1 Å². The molecule has 1 amide bonds. The summed E-state index contributed by atoms with van der Waals surface area (Å²) >= 11 is 0. The van der Waals surface area contributed by atoms with Gasteiger partial charge in [-0.15, -0.1) is 13.2 Å². The first-order chi connectivity index (χ1) is 21.1. The van der Waals surface area contributed by atoms with E-state index in [-0.39, 0.29) is 18.3 Å². The van der Waals surface area contributed by atoms with E-state index in [0.717, 1.165) is 35.5 Å². The molecule has 4 N–H and O–H groups in total. The molecule has 1 aromatic heterocycles. The summed E-state index contributed by atoms with van der Waals surface area (Å²) < 4.78 is 1.79. The zero-order chi connectivity index (χ0) is 32.8. The Kier molecular flexibility index (Phi) is 13.3. The first-order valence-corrected chi connectivity index (χ1v) is 14.2. The molecule has 44 heavy (non-hydrogen) atoms. The Hall–Kier alpha value is -5.42. The van der Waals surface area contributed by atoms with Crippen LogP contribution in [0.4, 0.5) is 5.69 Å². The van der Waals surface area contributed by atoms with Crippen molar-refractivity contribution in [3.63, 3.8) is 0 Å². The predicted molar refractivity (Wildman–Crippen MR) is 182 cm³/mol. The van der Waals surface area contributed by atoms with E-state index in [0.29, 0.717) is 29.2 Å². The Bertz CT molecular complexity index is 1600. The molecule has 0 unspecified atom stereocenters. The molecule has 8 nitrogen and oxygen atoms in total. The van der Waals surface area contributed by atoms with Gasteiger partial charge in [-0.2, -0.15) is 5.26 Å². The quantitative estimate of drug-likeness (QED) is 0.137. The number of nitrogens with two attached hydrogens (primary N) is 1. The van der Waals surface area contributed by atoms with Crippen molar-refractivity contribution in [2.24, 2.45) is 10.7 Å². The maximum absolute atomic E-state index is 9.73. The first-order valence-electron chi connectivity index (χ1n) is 14.2. The van der Waals surface area contributed by atoms with E-state index in [2.05, 4.69) is 129 Å². The Balaban J connectivity index is 0.00000127. The van der Waals surface area contributed by atoms with Crippen LogP contribution in [0.25, 0.3) is 5.70 Å². The topological polar surface area (TPSA) is 121 Å². The zero-order valence-corrected chi connectivity index (χ0v) is 26.3. The molecule has 0 saturated heterocycles. The lowest BCUT2D eigenvalue weighted by atomic mass is 10.0. The number of aryl methyl sites for hydroxylation is 2. The highest BCUT2D eigenvalue weighted by atomic mass is 16.1. The summed E-state index contributed by atoms with van der Waals surface area (Å²) in [6.07, 6.45) is 5.60. The average molecular weight is 590 g/mol. The molecule has 228 valence electrons. The number of aromatic nitrogens is 2. The first kappa shape index (κ1) is 34.8. The van der Waals surface area contributed by atoms with Crippen LogP contribution in [-0.4, -0.2) is 27.7 Å². The number of nitrogens with zero attached hydrogens (tertiary/aromatic N) is 4. The summed E-state index contributed by atoms with van der Waals surface area (Å²) in [5.41, 5.74) is 14.7. The number of fused-ring (bicyclic) bond motifs is 1. The lowest BCUT2D eigenvalue weighted by Gasteiger charge is -2.20. The third-order valence-electron chi connectivity index (χ3n) is 6.78. The van der Waals surface area contributed by atoms with Crippen molar-refractivity contribution < 1.29 is 4.79 Å². The van der Waals surface area contributed by atoms with Gasteiger partial charge in [0.1, 0.15) is 6.07 Å². The molecule has 3 aromatic rings. The monoisotopic (exact) mass is 589 g/mol. The van der Waals surface area contributed by atoms with Crippen LogP contribution < -0.4 is 16.4 Å². The highest BCUT2D eigenvalue weighted by Gasteiger charge is 2.16. The minimum absolute atomic E-state index is 0.158. The van der Waals surface area contributed by atoms with Gasteiger partial charge in [0.2, 0.25) is 12.2 Å². The van der Waals surface area contributed by atoms with Crippen LogP contribution in [0.3, 0.4) is 0 Å². The second-order valence-electron chi connectivity index (χ2n) is 10.4. The normalized spacial score (nSPS) is 12.1. The van der Waals surface area contributed by atoms with Gasteiger partial charge in [-0.05, 0) is 68.5 Å². The summed E-state index contributed by atoms with van der Waals surface area (Å²) in [4.78, 5) is 17.5. The number of carbonyl (C=O) groups is 1. The molecule has 1 aliphatic rings. The van der Waals surface area contributed by atoms with Crippen LogP contribution in [0.2, 0.25) is 0 Å². The largest absolute Gasteiger partial charge is 0.382 e. The van der Waals surface area contributed by atoms with Gasteiger partial charge in [-0.1, -0.05) is 61.7 Å². The summed E-state index contributed by atoms with van der Waals surface area (Å²) in [7, 11) is 0. The van der Waals surface area contributed by atoms with Crippen molar-refractivity contribution in [2.45, 2.75) is 53.1 Å². The molecular weight excluding hydrogens is 546 g/mol. The molecule has 0 fully saturated rings. The molecule has 0 spiro atoms. The highest BCUT2D eigenvalue weighted by Crippen LogP contribution is 2.28. The third-order valence-corrected chi connectivity index (χ3v) is 6.78. The number of nitrogens with one attached hydrogen (secondary N) is 2. The van der Waals surface area contributed by atoms with Crippen molar-refractivity contribution in [3.05, 3.63) is 138 Å². The number of rotatable bonds is 11. The van der Waals surface area contributed by atoms with Crippen molar-refractivity contribution in [1.82, 2.24) is 20.2 Å².